The lowest BCUT2D eigenvalue weighted by molar-refractivity contribution is 0.641. The highest BCUT2D eigenvalue weighted by atomic mass is 14.8. The molecule has 0 aromatic heterocycles. The summed E-state index contributed by atoms with van der Waals surface area (Å²) in [5.41, 5.74) is 1.53. The Morgan fingerprint density at radius 3 is 2.70 bits per heavy atom. The number of rotatable bonds is 1. The van der Waals surface area contributed by atoms with E-state index in [-0.39, 0.29) is 0 Å². The Kier molecular flexibility index (Phi) is 2.25. The molecule has 0 saturated heterocycles. The minimum atomic E-state index is 0.502. The molecule has 1 aliphatic rings. The molecule has 0 radical (unpaired) electrons. The molecule has 0 spiro atoms. The summed E-state index contributed by atoms with van der Waals surface area (Å²) < 4.78 is 0. The summed E-state index contributed by atoms with van der Waals surface area (Å²) in [7, 11) is 0. The molecular weight excluding hydrogens is 122 g/mol. The fourth-order valence-corrected chi connectivity index (χ4v) is 1.18. The van der Waals surface area contributed by atoms with Crippen LogP contribution in [0.15, 0.2) is 16.6 Å². The molecule has 0 aliphatic carbocycles. The van der Waals surface area contributed by atoms with E-state index in [1.165, 1.54) is 5.57 Å². The molecule has 1 atom stereocenters. The Labute approximate surface area is 62.9 Å². The van der Waals surface area contributed by atoms with Gasteiger partial charge in [-0.1, -0.05) is 19.4 Å². The summed E-state index contributed by atoms with van der Waals surface area (Å²) in [4.78, 5) is 4.26. The van der Waals surface area contributed by atoms with E-state index >= 15 is 0 Å². The highest BCUT2D eigenvalue weighted by Crippen LogP contribution is 2.19. The summed E-state index contributed by atoms with van der Waals surface area (Å²) in [6.07, 6.45) is 5.22. The Hall–Kier alpha value is -0.590. The van der Waals surface area contributed by atoms with E-state index in [0.717, 1.165) is 6.42 Å². The number of nitrogens with zero attached hydrogens (tertiary/aromatic N) is 1. The van der Waals surface area contributed by atoms with Gasteiger partial charge in [-0.2, -0.15) is 0 Å². The molecule has 1 aliphatic heterocycles. The van der Waals surface area contributed by atoms with Gasteiger partial charge in [0, 0.05) is 6.21 Å². The van der Waals surface area contributed by atoms with Gasteiger partial charge in [-0.25, -0.2) is 0 Å². The molecule has 0 aromatic carbocycles. The van der Waals surface area contributed by atoms with Gasteiger partial charge >= 0.3 is 0 Å². The van der Waals surface area contributed by atoms with Gasteiger partial charge in [-0.05, 0) is 25.3 Å². The van der Waals surface area contributed by atoms with E-state index in [1.54, 1.807) is 0 Å². The SMILES string of the molecule is CC1CC(C(C)C)=CC=N1. The van der Waals surface area contributed by atoms with E-state index in [9.17, 15) is 0 Å². The zero-order valence-electron chi connectivity index (χ0n) is 6.96. The van der Waals surface area contributed by atoms with Crippen molar-refractivity contribution < 1.29 is 0 Å². The highest BCUT2D eigenvalue weighted by molar-refractivity contribution is 5.73. The normalized spacial score (nSPS) is 25.2. The first-order valence-corrected chi connectivity index (χ1v) is 3.92. The lowest BCUT2D eigenvalue weighted by Crippen LogP contribution is -2.08. The van der Waals surface area contributed by atoms with E-state index < -0.39 is 0 Å². The van der Waals surface area contributed by atoms with Gasteiger partial charge in [0.25, 0.3) is 0 Å². The van der Waals surface area contributed by atoms with Crippen LogP contribution < -0.4 is 0 Å². The van der Waals surface area contributed by atoms with E-state index in [1.807, 2.05) is 6.21 Å². The fraction of sp³-hybridized carbons (Fsp3) is 0.667. The minimum absolute atomic E-state index is 0.502. The second-order valence-corrected chi connectivity index (χ2v) is 3.25. The van der Waals surface area contributed by atoms with E-state index in [2.05, 4.69) is 31.8 Å². The number of dihydropyridines is 1. The predicted octanol–water partition coefficient (Wildman–Crippen LogP) is 2.43. The van der Waals surface area contributed by atoms with Crippen molar-refractivity contribution in [3.8, 4) is 0 Å². The van der Waals surface area contributed by atoms with Crippen LogP contribution in [0.25, 0.3) is 0 Å². The van der Waals surface area contributed by atoms with Crippen LogP contribution >= 0.6 is 0 Å². The molecule has 1 rings (SSSR count). The largest absolute Gasteiger partial charge is 0.290 e. The van der Waals surface area contributed by atoms with Crippen LogP contribution in [0, 0.1) is 5.92 Å². The van der Waals surface area contributed by atoms with E-state index in [0.29, 0.717) is 12.0 Å². The third-order valence-electron chi connectivity index (χ3n) is 1.90. The molecule has 1 heteroatoms. The molecule has 56 valence electrons. The summed E-state index contributed by atoms with van der Waals surface area (Å²) in [5, 5.41) is 0. The van der Waals surface area contributed by atoms with Crippen molar-refractivity contribution in [1.29, 1.82) is 0 Å². The molecule has 1 nitrogen and oxygen atoms in total. The van der Waals surface area contributed by atoms with Crippen LogP contribution in [-0.2, 0) is 0 Å². The van der Waals surface area contributed by atoms with Crippen LogP contribution in [0.2, 0.25) is 0 Å². The van der Waals surface area contributed by atoms with Crippen molar-refractivity contribution >= 4 is 6.21 Å². The third-order valence-corrected chi connectivity index (χ3v) is 1.90. The molecule has 0 saturated carbocycles. The Balaban J connectivity index is 2.61. The molecule has 0 fully saturated rings. The predicted molar refractivity (Wildman–Crippen MR) is 45.5 cm³/mol. The lowest BCUT2D eigenvalue weighted by atomic mass is 9.95. The Morgan fingerprint density at radius 2 is 2.30 bits per heavy atom. The fourth-order valence-electron chi connectivity index (χ4n) is 1.18. The van der Waals surface area contributed by atoms with Gasteiger partial charge in [0.2, 0.25) is 0 Å². The molecule has 0 bridgehead atoms. The van der Waals surface area contributed by atoms with Gasteiger partial charge in [0.1, 0.15) is 0 Å². The van der Waals surface area contributed by atoms with E-state index in [4.69, 9.17) is 0 Å². The Bertz CT molecular complexity index is 166. The van der Waals surface area contributed by atoms with Crippen LogP contribution in [0.5, 0.6) is 0 Å². The van der Waals surface area contributed by atoms with Crippen LogP contribution in [0.4, 0.5) is 0 Å². The summed E-state index contributed by atoms with van der Waals surface area (Å²) in [5.74, 6) is 0.689. The third kappa shape index (κ3) is 1.69. The lowest BCUT2D eigenvalue weighted by Gasteiger charge is -2.16. The van der Waals surface area contributed by atoms with Gasteiger partial charge in [-0.3, -0.25) is 4.99 Å². The molecule has 1 heterocycles. The number of allylic oxidation sites excluding steroid dienone is 1. The number of hydrogen-bond donors (Lipinski definition) is 0. The first-order chi connectivity index (χ1) is 4.70. The minimum Gasteiger partial charge on any atom is -0.290 e. The summed E-state index contributed by atoms with van der Waals surface area (Å²) >= 11 is 0. The smallest absolute Gasteiger partial charge is 0.0508 e. The summed E-state index contributed by atoms with van der Waals surface area (Å²) in [6, 6.07) is 0.502. The van der Waals surface area contributed by atoms with Gasteiger partial charge < -0.3 is 0 Å². The summed E-state index contributed by atoms with van der Waals surface area (Å²) in [6.45, 7) is 6.63. The molecule has 0 amide bonds. The zero-order valence-corrected chi connectivity index (χ0v) is 6.96. The molecule has 1 unspecified atom stereocenters. The van der Waals surface area contributed by atoms with Crippen molar-refractivity contribution in [3.63, 3.8) is 0 Å². The molecule has 0 N–H and O–H groups in total. The molecule has 10 heavy (non-hydrogen) atoms. The van der Waals surface area contributed by atoms with Crippen molar-refractivity contribution in [2.75, 3.05) is 0 Å². The first-order valence-electron chi connectivity index (χ1n) is 3.92. The quantitative estimate of drug-likeness (QED) is 0.526. The maximum absolute atomic E-state index is 4.26. The second kappa shape index (κ2) is 3.00. The highest BCUT2D eigenvalue weighted by Gasteiger charge is 2.09. The maximum atomic E-state index is 4.26. The molecule has 0 aromatic rings. The van der Waals surface area contributed by atoms with Gasteiger partial charge in [-0.15, -0.1) is 0 Å². The number of hydrogen-bond acceptors (Lipinski definition) is 1. The maximum Gasteiger partial charge on any atom is 0.0508 e. The van der Waals surface area contributed by atoms with Gasteiger partial charge in [0.15, 0.2) is 0 Å². The zero-order chi connectivity index (χ0) is 7.56. The molecular formula is C9H15N. The van der Waals surface area contributed by atoms with Crippen molar-refractivity contribution in [2.45, 2.75) is 33.2 Å². The Morgan fingerprint density at radius 1 is 1.60 bits per heavy atom. The van der Waals surface area contributed by atoms with Crippen LogP contribution in [-0.4, -0.2) is 12.3 Å². The monoisotopic (exact) mass is 137 g/mol. The van der Waals surface area contributed by atoms with Crippen molar-refractivity contribution in [2.24, 2.45) is 10.9 Å². The average molecular weight is 137 g/mol. The van der Waals surface area contributed by atoms with Crippen LogP contribution in [0.1, 0.15) is 27.2 Å². The topological polar surface area (TPSA) is 12.4 Å². The first kappa shape index (κ1) is 7.52. The number of aliphatic imine (C=N–C) groups is 1. The van der Waals surface area contributed by atoms with Crippen molar-refractivity contribution in [3.05, 3.63) is 11.6 Å². The van der Waals surface area contributed by atoms with Gasteiger partial charge in [0.05, 0.1) is 6.04 Å². The van der Waals surface area contributed by atoms with Crippen LogP contribution in [0.3, 0.4) is 0 Å². The standard InChI is InChI=1S/C9H15N/c1-7(2)9-4-5-10-8(3)6-9/h4-5,7-8H,6H2,1-3H3. The van der Waals surface area contributed by atoms with Crippen molar-refractivity contribution in [1.82, 2.24) is 0 Å². The second-order valence-electron chi connectivity index (χ2n) is 3.25. The average Bonchev–Trinajstić information content (AvgIpc) is 1.88.